The lowest BCUT2D eigenvalue weighted by atomic mass is 10.4. The molecule has 0 saturated carbocycles. The zero-order valence-electron chi connectivity index (χ0n) is 13.1. The molecule has 0 radical (unpaired) electrons. The highest BCUT2D eigenvalue weighted by atomic mass is 35.7. The SMILES string of the molecule is COC(=O)c1coc(C[P+](Cl)(c2ccccc2)c2ccccc2)n1. The van der Waals surface area contributed by atoms with E-state index in [0.29, 0.717) is 12.1 Å². The number of carbonyl (C=O) groups excluding carboxylic acids is 1. The van der Waals surface area contributed by atoms with Crippen molar-refractivity contribution in [1.29, 1.82) is 0 Å². The van der Waals surface area contributed by atoms with E-state index in [4.69, 9.17) is 15.7 Å². The minimum Gasteiger partial charge on any atom is -0.464 e. The molecular formula is C18H16ClNO3P+. The van der Waals surface area contributed by atoms with E-state index >= 15 is 0 Å². The molecule has 0 saturated heterocycles. The Hall–Kier alpha value is -2.16. The normalized spacial score (nSPS) is 11.2. The topological polar surface area (TPSA) is 52.3 Å². The van der Waals surface area contributed by atoms with Gasteiger partial charge >= 0.3 is 5.97 Å². The Kier molecular flexibility index (Phi) is 4.98. The first-order valence-electron chi connectivity index (χ1n) is 7.35. The molecule has 0 spiro atoms. The molecule has 1 aromatic heterocycles. The molecule has 0 aliphatic rings. The summed E-state index contributed by atoms with van der Waals surface area (Å²) >= 11 is 7.14. The molecule has 0 aliphatic carbocycles. The highest BCUT2D eigenvalue weighted by molar-refractivity contribution is 8.09. The van der Waals surface area contributed by atoms with Crippen LogP contribution in [-0.2, 0) is 10.9 Å². The van der Waals surface area contributed by atoms with E-state index in [1.165, 1.54) is 13.4 Å². The van der Waals surface area contributed by atoms with Gasteiger partial charge in [0.15, 0.2) is 18.5 Å². The molecule has 0 fully saturated rings. The number of rotatable bonds is 5. The van der Waals surface area contributed by atoms with Crippen molar-refractivity contribution in [3.63, 3.8) is 0 Å². The van der Waals surface area contributed by atoms with Gasteiger partial charge < -0.3 is 9.15 Å². The summed E-state index contributed by atoms with van der Waals surface area (Å²) in [6, 6.07) is 19.8. The summed E-state index contributed by atoms with van der Waals surface area (Å²) in [4.78, 5) is 15.8. The number of methoxy groups -OCH3 is 1. The second-order valence-electron chi connectivity index (χ2n) is 5.16. The van der Waals surface area contributed by atoms with Gasteiger partial charge in [0.2, 0.25) is 5.89 Å². The van der Waals surface area contributed by atoms with E-state index in [1.807, 2.05) is 60.7 Å². The molecule has 0 atom stereocenters. The number of carbonyl (C=O) groups is 1. The first-order valence-corrected chi connectivity index (χ1v) is 10.2. The number of halogens is 1. The third-order valence-electron chi connectivity index (χ3n) is 3.63. The van der Waals surface area contributed by atoms with Crippen molar-refractivity contribution in [1.82, 2.24) is 4.98 Å². The average Bonchev–Trinajstić information content (AvgIpc) is 3.10. The van der Waals surface area contributed by atoms with Gasteiger partial charge in [-0.25, -0.2) is 9.78 Å². The number of ether oxygens (including phenoxy) is 1. The summed E-state index contributed by atoms with van der Waals surface area (Å²) in [6.07, 6.45) is 1.72. The predicted octanol–water partition coefficient (Wildman–Crippen LogP) is 3.78. The lowest BCUT2D eigenvalue weighted by Gasteiger charge is -2.17. The smallest absolute Gasteiger partial charge is 0.360 e. The Labute approximate surface area is 145 Å². The fourth-order valence-corrected chi connectivity index (χ4v) is 5.88. The molecule has 3 rings (SSSR count). The van der Waals surface area contributed by atoms with Crippen LogP contribution in [0.3, 0.4) is 0 Å². The second-order valence-corrected chi connectivity index (χ2v) is 9.68. The van der Waals surface area contributed by atoms with Crippen molar-refractivity contribution in [3.8, 4) is 0 Å². The van der Waals surface area contributed by atoms with E-state index in [9.17, 15) is 4.79 Å². The molecule has 0 amide bonds. The maximum atomic E-state index is 11.6. The van der Waals surface area contributed by atoms with Crippen molar-refractivity contribution in [2.75, 3.05) is 7.11 Å². The molecule has 0 N–H and O–H groups in total. The van der Waals surface area contributed by atoms with Crippen LogP contribution in [0.1, 0.15) is 16.4 Å². The van der Waals surface area contributed by atoms with Crippen LogP contribution in [0.2, 0.25) is 0 Å². The Morgan fingerprint density at radius 3 is 2.12 bits per heavy atom. The van der Waals surface area contributed by atoms with E-state index in [-0.39, 0.29) is 5.69 Å². The number of benzene rings is 2. The van der Waals surface area contributed by atoms with Gasteiger partial charge in [-0.3, -0.25) is 0 Å². The molecule has 0 unspecified atom stereocenters. The quantitative estimate of drug-likeness (QED) is 0.513. The third kappa shape index (κ3) is 3.35. The van der Waals surface area contributed by atoms with Gasteiger partial charge in [-0.2, -0.15) is 0 Å². The van der Waals surface area contributed by atoms with Crippen molar-refractivity contribution in [2.45, 2.75) is 6.16 Å². The number of aromatic nitrogens is 1. The Morgan fingerprint density at radius 1 is 1.08 bits per heavy atom. The summed E-state index contributed by atoms with van der Waals surface area (Å²) in [5.41, 5.74) is 0.150. The van der Waals surface area contributed by atoms with Crippen LogP contribution in [0.15, 0.2) is 71.3 Å². The molecule has 4 nitrogen and oxygen atoms in total. The van der Waals surface area contributed by atoms with Gasteiger partial charge in [0, 0.05) is 0 Å². The van der Waals surface area contributed by atoms with Crippen LogP contribution in [0.4, 0.5) is 0 Å². The van der Waals surface area contributed by atoms with Gasteiger partial charge in [0.05, 0.1) is 18.4 Å². The Balaban J connectivity index is 2.00. The van der Waals surface area contributed by atoms with Crippen LogP contribution in [-0.4, -0.2) is 18.1 Å². The largest absolute Gasteiger partial charge is 0.464 e. The molecule has 0 aliphatic heterocycles. The van der Waals surface area contributed by atoms with Crippen LogP contribution >= 0.6 is 17.9 Å². The van der Waals surface area contributed by atoms with Gasteiger partial charge in [0.25, 0.3) is 0 Å². The van der Waals surface area contributed by atoms with Crippen LogP contribution in [0.25, 0.3) is 0 Å². The summed E-state index contributed by atoms with van der Waals surface area (Å²) in [5, 5.41) is 2.08. The molecule has 3 aromatic rings. The van der Waals surface area contributed by atoms with Crippen LogP contribution in [0.5, 0.6) is 0 Å². The average molecular weight is 361 g/mol. The van der Waals surface area contributed by atoms with Crippen molar-refractivity contribution >= 4 is 34.4 Å². The predicted molar refractivity (Wildman–Crippen MR) is 96.5 cm³/mol. The van der Waals surface area contributed by atoms with Gasteiger partial charge in [0.1, 0.15) is 16.9 Å². The fraction of sp³-hybridized carbons (Fsp3) is 0.111. The third-order valence-corrected chi connectivity index (χ3v) is 8.10. The number of hydrogen-bond donors (Lipinski definition) is 0. The summed E-state index contributed by atoms with van der Waals surface area (Å²) < 4.78 is 10.1. The Morgan fingerprint density at radius 2 is 1.62 bits per heavy atom. The van der Waals surface area contributed by atoms with Crippen molar-refractivity contribution in [2.24, 2.45) is 0 Å². The molecule has 122 valence electrons. The van der Waals surface area contributed by atoms with Gasteiger partial charge in [-0.1, -0.05) is 36.4 Å². The fourth-order valence-electron chi connectivity index (χ4n) is 2.43. The Bertz CT molecular complexity index is 781. The van der Waals surface area contributed by atoms with Gasteiger partial charge in [-0.05, 0) is 24.3 Å². The maximum absolute atomic E-state index is 11.6. The van der Waals surface area contributed by atoms with Crippen molar-refractivity contribution < 1.29 is 13.9 Å². The van der Waals surface area contributed by atoms with E-state index < -0.39 is 12.6 Å². The minimum atomic E-state index is -2.26. The first-order chi connectivity index (χ1) is 11.6. The van der Waals surface area contributed by atoms with E-state index in [1.54, 1.807) is 0 Å². The lowest BCUT2D eigenvalue weighted by Crippen LogP contribution is -2.19. The highest BCUT2D eigenvalue weighted by Crippen LogP contribution is 2.63. The molecule has 0 bridgehead atoms. The first kappa shape index (κ1) is 16.7. The summed E-state index contributed by atoms with van der Waals surface area (Å²) in [6.45, 7) is -2.26. The van der Waals surface area contributed by atoms with Crippen LogP contribution in [0, 0.1) is 0 Å². The summed E-state index contributed by atoms with van der Waals surface area (Å²) in [7, 11) is 1.31. The number of hydrogen-bond acceptors (Lipinski definition) is 4. The van der Waals surface area contributed by atoms with Crippen molar-refractivity contribution in [3.05, 3.63) is 78.5 Å². The standard InChI is InChI=1S/C18H16ClNO3P/c1-22-18(21)16-12-23-17(20-16)13-24(19,14-8-4-2-5-9-14)15-10-6-3-7-11-15/h2-12H,13H2,1H3/q+1. The zero-order valence-corrected chi connectivity index (χ0v) is 14.7. The van der Waals surface area contributed by atoms with E-state index in [0.717, 1.165) is 10.6 Å². The molecule has 2 aromatic carbocycles. The highest BCUT2D eigenvalue weighted by Gasteiger charge is 2.44. The van der Waals surface area contributed by atoms with E-state index in [2.05, 4.69) is 9.72 Å². The number of oxazole rings is 1. The lowest BCUT2D eigenvalue weighted by molar-refractivity contribution is 0.0594. The summed E-state index contributed by atoms with van der Waals surface area (Å²) in [5.74, 6) is -0.102. The maximum Gasteiger partial charge on any atom is 0.360 e. The minimum absolute atomic E-state index is 0.150. The molecule has 24 heavy (non-hydrogen) atoms. The van der Waals surface area contributed by atoms with Crippen LogP contribution < -0.4 is 10.6 Å². The molecule has 6 heteroatoms. The van der Waals surface area contributed by atoms with Gasteiger partial charge in [-0.15, -0.1) is 0 Å². The zero-order chi connectivity index (χ0) is 17.0. The number of esters is 1. The second kappa shape index (κ2) is 7.16. The molecular weight excluding hydrogens is 345 g/mol. The number of nitrogens with zero attached hydrogens (tertiary/aromatic N) is 1. The molecule has 1 heterocycles. The monoisotopic (exact) mass is 360 g/mol.